The molecule has 3 N–H and O–H groups in total. The molecule has 2 aromatic carbocycles. The van der Waals surface area contributed by atoms with Gasteiger partial charge in [0, 0.05) is 49.7 Å². The van der Waals surface area contributed by atoms with Crippen LogP contribution in [0.2, 0.25) is 0 Å². The summed E-state index contributed by atoms with van der Waals surface area (Å²) in [5, 5.41) is 24.3. The monoisotopic (exact) mass is 818 g/mol. The number of aromatic nitrogens is 1. The molecule has 0 radical (unpaired) electrons. The molecule has 58 heavy (non-hydrogen) atoms. The number of carbonyl (C=O) groups excluding carboxylic acids is 4. The molecule has 3 aromatic rings. The molecule has 13 heteroatoms. The highest BCUT2D eigenvalue weighted by atomic mass is 32.1. The van der Waals surface area contributed by atoms with Crippen molar-refractivity contribution >= 4 is 40.9 Å². The van der Waals surface area contributed by atoms with Gasteiger partial charge < -0.3 is 25.2 Å². The highest BCUT2D eigenvalue weighted by Gasteiger charge is 2.39. The largest absolute Gasteiger partial charge is 0.508 e. The fourth-order valence-corrected chi connectivity index (χ4v) is 8.66. The van der Waals surface area contributed by atoms with E-state index in [1.54, 1.807) is 24.4 Å². The van der Waals surface area contributed by atoms with Crippen LogP contribution in [0.5, 0.6) is 5.75 Å². The standard InChI is InChI=1S/C45H62N4O8S/c1-8-29(4)36(24-40(52)38-16-12-13-21-48(38)7)44(54)49(26-33-14-10-9-11-15-33)39(28(2)3)25-41(57-31(6)50)43-47-37(27-58-43)42(53)46-34(22-30(5)45(55)56)23-32-17-19-35(51)20-18-32/h9-11,14-15,17-20,27-30,34,36,38-39,41,51H,8,12-13,16,21-26H2,1-7H3,(H,46,53)(H,55,56). The Hall–Kier alpha value is -4.62. The smallest absolute Gasteiger partial charge is 0.306 e. The number of piperidine rings is 1. The van der Waals surface area contributed by atoms with Crippen molar-refractivity contribution in [2.75, 3.05) is 13.6 Å². The molecule has 4 rings (SSSR count). The lowest BCUT2D eigenvalue weighted by molar-refractivity contribution is -0.150. The number of phenolic OH excluding ortho intramolecular Hbond substituents is 1. The molecule has 1 fully saturated rings. The van der Waals surface area contributed by atoms with Crippen molar-refractivity contribution in [2.45, 2.75) is 124 Å². The van der Waals surface area contributed by atoms with Crippen molar-refractivity contribution in [3.63, 3.8) is 0 Å². The predicted molar refractivity (Wildman–Crippen MR) is 224 cm³/mol. The second-order valence-corrected chi connectivity index (χ2v) is 17.2. The number of carbonyl (C=O) groups is 5. The minimum Gasteiger partial charge on any atom is -0.508 e. The van der Waals surface area contributed by atoms with Gasteiger partial charge in [-0.25, -0.2) is 4.98 Å². The zero-order chi connectivity index (χ0) is 42.5. The SMILES string of the molecule is CCC(C)C(CC(=O)C1CCCCN1C)C(=O)N(Cc1ccccc1)C(CC(OC(C)=O)c1nc(C(=O)NC(Cc2ccc(O)cc2)CC(C)C(=O)O)cs1)C(C)C. The fourth-order valence-electron chi connectivity index (χ4n) is 7.82. The van der Waals surface area contributed by atoms with Gasteiger partial charge in [0.15, 0.2) is 11.9 Å². The quantitative estimate of drug-likeness (QED) is 0.0919. The summed E-state index contributed by atoms with van der Waals surface area (Å²) in [6.45, 7) is 12.2. The number of aromatic hydroxyl groups is 1. The van der Waals surface area contributed by atoms with Gasteiger partial charge in [0.1, 0.15) is 16.5 Å². The first-order valence-corrected chi connectivity index (χ1v) is 21.5. The van der Waals surface area contributed by atoms with E-state index in [1.807, 2.05) is 70.0 Å². The number of rotatable bonds is 21. The molecule has 7 atom stereocenters. The average Bonchev–Trinajstić information content (AvgIpc) is 3.69. The second kappa shape index (κ2) is 21.9. The van der Waals surface area contributed by atoms with Crippen LogP contribution in [-0.2, 0) is 36.9 Å². The topological polar surface area (TPSA) is 166 Å². The number of Topliss-reactive ketones (excluding diaryl/α,β-unsaturated/α-hetero) is 1. The Kier molecular flexibility index (Phi) is 17.4. The summed E-state index contributed by atoms with van der Waals surface area (Å²) in [5.74, 6) is -3.37. The van der Waals surface area contributed by atoms with Crippen LogP contribution in [0.25, 0.3) is 0 Å². The van der Waals surface area contributed by atoms with E-state index < -0.39 is 47.9 Å². The van der Waals surface area contributed by atoms with Gasteiger partial charge in [0.25, 0.3) is 5.91 Å². The van der Waals surface area contributed by atoms with Crippen LogP contribution < -0.4 is 5.32 Å². The number of nitrogens with one attached hydrogen (secondary N) is 1. The van der Waals surface area contributed by atoms with Gasteiger partial charge in [0.05, 0.1) is 12.0 Å². The number of carboxylic acid groups (broad SMARTS) is 1. The van der Waals surface area contributed by atoms with E-state index in [0.29, 0.717) is 18.0 Å². The van der Waals surface area contributed by atoms with Crippen molar-refractivity contribution in [1.82, 2.24) is 20.1 Å². The Labute approximate surface area is 347 Å². The number of aliphatic carboxylic acids is 1. The third kappa shape index (κ3) is 13.2. The molecular formula is C45H62N4O8S. The minimum atomic E-state index is -0.983. The summed E-state index contributed by atoms with van der Waals surface area (Å²) in [6, 6.07) is 15.0. The van der Waals surface area contributed by atoms with Crippen LogP contribution >= 0.6 is 11.3 Å². The number of likely N-dealkylation sites (N-methyl/N-ethyl adjacent to an activating group) is 1. The van der Waals surface area contributed by atoms with Crippen LogP contribution in [0, 0.1) is 23.7 Å². The summed E-state index contributed by atoms with van der Waals surface area (Å²) in [6.07, 6.45) is 3.51. The molecule has 2 amide bonds. The van der Waals surface area contributed by atoms with Gasteiger partial charge in [-0.3, -0.25) is 28.9 Å². The highest BCUT2D eigenvalue weighted by Crippen LogP contribution is 2.34. The Balaban J connectivity index is 1.64. The van der Waals surface area contributed by atoms with E-state index in [9.17, 15) is 29.4 Å². The fraction of sp³-hybridized carbons (Fsp3) is 0.556. The first-order valence-electron chi connectivity index (χ1n) is 20.6. The van der Waals surface area contributed by atoms with E-state index >= 15 is 4.79 Å². The van der Waals surface area contributed by atoms with E-state index in [4.69, 9.17) is 4.74 Å². The summed E-state index contributed by atoms with van der Waals surface area (Å²) in [5.41, 5.74) is 1.83. The van der Waals surface area contributed by atoms with Crippen molar-refractivity contribution in [3.05, 3.63) is 81.8 Å². The number of ketones is 1. The summed E-state index contributed by atoms with van der Waals surface area (Å²) in [7, 11) is 1.98. The van der Waals surface area contributed by atoms with Gasteiger partial charge in [-0.05, 0) is 74.4 Å². The molecule has 0 bridgehead atoms. The number of phenols is 1. The zero-order valence-electron chi connectivity index (χ0n) is 35.1. The van der Waals surface area contributed by atoms with Gasteiger partial charge >= 0.3 is 11.9 Å². The van der Waals surface area contributed by atoms with Gasteiger partial charge in [-0.2, -0.15) is 0 Å². The third-order valence-corrected chi connectivity index (χ3v) is 12.4. The lowest BCUT2D eigenvalue weighted by Crippen LogP contribution is -2.49. The Morgan fingerprint density at radius 1 is 0.983 bits per heavy atom. The van der Waals surface area contributed by atoms with E-state index in [-0.39, 0.29) is 60.3 Å². The normalized spacial score (nSPS) is 17.7. The van der Waals surface area contributed by atoms with Gasteiger partial charge in [0.2, 0.25) is 5.91 Å². The summed E-state index contributed by atoms with van der Waals surface area (Å²) >= 11 is 1.17. The van der Waals surface area contributed by atoms with Crippen LogP contribution in [0.1, 0.15) is 119 Å². The third-order valence-electron chi connectivity index (χ3n) is 11.5. The maximum atomic E-state index is 15.0. The molecule has 1 aliphatic rings. The molecular weight excluding hydrogens is 757 g/mol. The molecule has 0 saturated carbocycles. The highest BCUT2D eigenvalue weighted by molar-refractivity contribution is 7.09. The maximum Gasteiger partial charge on any atom is 0.306 e. The molecule has 7 unspecified atom stereocenters. The number of hydrogen-bond donors (Lipinski definition) is 3. The van der Waals surface area contributed by atoms with Crippen LogP contribution in [0.3, 0.4) is 0 Å². The summed E-state index contributed by atoms with van der Waals surface area (Å²) in [4.78, 5) is 75.6. The number of nitrogens with zero attached hydrogens (tertiary/aromatic N) is 3. The number of thiazole rings is 1. The number of esters is 1. The first-order chi connectivity index (χ1) is 27.6. The second-order valence-electron chi connectivity index (χ2n) is 16.3. The van der Waals surface area contributed by atoms with Gasteiger partial charge in [-0.1, -0.05) is 89.9 Å². The number of benzene rings is 2. The molecule has 12 nitrogen and oxygen atoms in total. The van der Waals surface area contributed by atoms with Gasteiger partial charge in [-0.15, -0.1) is 11.3 Å². The zero-order valence-corrected chi connectivity index (χ0v) is 35.9. The van der Waals surface area contributed by atoms with Crippen LogP contribution in [0.4, 0.5) is 0 Å². The Morgan fingerprint density at radius 3 is 2.28 bits per heavy atom. The number of hydrogen-bond acceptors (Lipinski definition) is 10. The number of ether oxygens (including phenoxy) is 1. The lowest BCUT2D eigenvalue weighted by atomic mass is 9.82. The van der Waals surface area contributed by atoms with Crippen molar-refractivity contribution in [1.29, 1.82) is 0 Å². The Morgan fingerprint density at radius 2 is 1.67 bits per heavy atom. The first kappa shape index (κ1) is 46.1. The molecule has 1 aliphatic heterocycles. The molecule has 1 saturated heterocycles. The van der Waals surface area contributed by atoms with E-state index in [0.717, 1.165) is 43.4 Å². The molecule has 316 valence electrons. The predicted octanol–water partition coefficient (Wildman–Crippen LogP) is 7.45. The molecule has 1 aromatic heterocycles. The molecule has 0 spiro atoms. The van der Waals surface area contributed by atoms with Crippen LogP contribution in [0.15, 0.2) is 60.0 Å². The summed E-state index contributed by atoms with van der Waals surface area (Å²) < 4.78 is 5.92. The van der Waals surface area contributed by atoms with Crippen molar-refractivity contribution < 1.29 is 38.9 Å². The number of likely N-dealkylation sites (tertiary alicyclic amines) is 1. The number of carboxylic acids is 1. The van der Waals surface area contributed by atoms with E-state index in [2.05, 4.69) is 15.2 Å². The lowest BCUT2D eigenvalue weighted by Gasteiger charge is -2.40. The molecule has 2 heterocycles. The molecule has 0 aliphatic carbocycles. The maximum absolute atomic E-state index is 15.0. The average molecular weight is 819 g/mol. The number of amides is 2. The van der Waals surface area contributed by atoms with Crippen molar-refractivity contribution in [3.8, 4) is 5.75 Å². The van der Waals surface area contributed by atoms with Crippen LogP contribution in [-0.4, -0.2) is 86.3 Å². The van der Waals surface area contributed by atoms with Crippen molar-refractivity contribution in [2.24, 2.45) is 23.7 Å². The Bertz CT molecular complexity index is 1820. The minimum absolute atomic E-state index is 0.0583. The van der Waals surface area contributed by atoms with E-state index in [1.165, 1.54) is 30.4 Å².